The molecule has 1 aliphatic rings. The van der Waals surface area contributed by atoms with Crippen LogP contribution in [0, 0.1) is 0 Å². The molecule has 0 bridgehead atoms. The van der Waals surface area contributed by atoms with Crippen molar-refractivity contribution < 1.29 is 5.10 Å². The maximum Gasteiger partial charge on any atom is 0.197 e. The summed E-state index contributed by atoms with van der Waals surface area (Å²) in [6.07, 6.45) is 3.14. The predicted octanol–water partition coefficient (Wildman–Crippen LogP) is -0.526. The number of aromatic nitrogens is 2. The van der Waals surface area contributed by atoms with Gasteiger partial charge in [0.1, 0.15) is 0 Å². The van der Waals surface area contributed by atoms with Crippen molar-refractivity contribution in [2.45, 2.75) is 13.0 Å². The van der Waals surface area contributed by atoms with E-state index in [0.717, 1.165) is 19.5 Å². The predicted molar refractivity (Wildman–Crippen MR) is 32.8 cm³/mol. The number of aromatic amines is 2. The number of hydrogen-bond donors (Lipinski definition) is 2. The molecule has 3 heteroatoms. The molecule has 0 amide bonds. The van der Waals surface area contributed by atoms with E-state index in [1.165, 1.54) is 11.3 Å². The standard InChI is InChI=1S/C6H9N3/c1-2-7-3-5-4-8-9-6(1)5/h4,7H,1-3H2,(H,8,9)/p+1. The second kappa shape index (κ2) is 1.84. The van der Waals surface area contributed by atoms with Crippen LogP contribution >= 0.6 is 0 Å². The quantitative estimate of drug-likeness (QED) is 0.480. The summed E-state index contributed by atoms with van der Waals surface area (Å²) in [5, 5.41) is 9.35. The maximum atomic E-state index is 3.29. The Hall–Kier alpha value is -0.830. The van der Waals surface area contributed by atoms with E-state index in [2.05, 4.69) is 15.5 Å². The number of fused-ring (bicyclic) bond motifs is 1. The van der Waals surface area contributed by atoms with Crippen molar-refractivity contribution in [3.05, 3.63) is 17.5 Å². The number of nitrogens with one attached hydrogen (secondary N) is 3. The molecule has 0 spiro atoms. The normalized spacial score (nSPS) is 17.3. The highest BCUT2D eigenvalue weighted by atomic mass is 15.1. The Balaban J connectivity index is 2.39. The second-order valence-electron chi connectivity index (χ2n) is 2.34. The van der Waals surface area contributed by atoms with Crippen LogP contribution in [-0.4, -0.2) is 11.6 Å². The molecule has 1 aliphatic heterocycles. The zero-order valence-corrected chi connectivity index (χ0v) is 5.20. The Bertz CT molecular complexity index is 183. The third-order valence-electron chi connectivity index (χ3n) is 1.72. The summed E-state index contributed by atoms with van der Waals surface area (Å²) in [6.45, 7) is 2.11. The molecule has 2 heterocycles. The first-order chi connectivity index (χ1) is 4.47. The fourth-order valence-corrected chi connectivity index (χ4v) is 1.19. The lowest BCUT2D eigenvalue weighted by molar-refractivity contribution is -0.450. The molecule has 3 N–H and O–H groups in total. The molecule has 0 aliphatic carbocycles. The molecule has 48 valence electrons. The van der Waals surface area contributed by atoms with Crippen molar-refractivity contribution >= 4 is 0 Å². The number of rotatable bonds is 0. The van der Waals surface area contributed by atoms with Gasteiger partial charge in [0.15, 0.2) is 6.20 Å². The smallest absolute Gasteiger partial charge is 0.197 e. The molecular weight excluding hydrogens is 114 g/mol. The van der Waals surface area contributed by atoms with Gasteiger partial charge in [-0.2, -0.15) is 5.10 Å². The van der Waals surface area contributed by atoms with E-state index < -0.39 is 0 Å². The van der Waals surface area contributed by atoms with Gasteiger partial charge in [-0.15, -0.1) is 5.10 Å². The van der Waals surface area contributed by atoms with E-state index in [1.54, 1.807) is 0 Å². The van der Waals surface area contributed by atoms with Crippen molar-refractivity contribution in [3.63, 3.8) is 0 Å². The van der Waals surface area contributed by atoms with Crippen LogP contribution in [0.5, 0.6) is 0 Å². The molecule has 0 saturated heterocycles. The first kappa shape index (κ1) is 4.99. The van der Waals surface area contributed by atoms with Gasteiger partial charge in [-0.3, -0.25) is 0 Å². The molecular formula is C6H10N3+. The van der Waals surface area contributed by atoms with Gasteiger partial charge in [-0.1, -0.05) is 0 Å². The van der Waals surface area contributed by atoms with Crippen molar-refractivity contribution in [2.75, 3.05) is 6.54 Å². The molecule has 0 radical (unpaired) electrons. The number of H-pyrrole nitrogens is 2. The summed E-state index contributed by atoms with van der Waals surface area (Å²) in [6, 6.07) is 0. The Morgan fingerprint density at radius 2 is 2.56 bits per heavy atom. The molecule has 3 nitrogen and oxygen atoms in total. The highest BCUT2D eigenvalue weighted by Crippen LogP contribution is 2.05. The summed E-state index contributed by atoms with van der Waals surface area (Å²) in [4.78, 5) is 0. The fourth-order valence-electron chi connectivity index (χ4n) is 1.19. The SMILES string of the molecule is c1[nH+][nH]c2c1CNCC2. The largest absolute Gasteiger partial charge is 0.312 e. The average Bonchev–Trinajstić information content (AvgIpc) is 2.33. The Kier molecular flexibility index (Phi) is 1.02. The van der Waals surface area contributed by atoms with E-state index >= 15 is 0 Å². The van der Waals surface area contributed by atoms with Gasteiger partial charge in [0, 0.05) is 19.5 Å². The summed E-state index contributed by atoms with van der Waals surface area (Å²) in [5.41, 5.74) is 2.73. The van der Waals surface area contributed by atoms with Crippen LogP contribution in [0.4, 0.5) is 0 Å². The minimum absolute atomic E-state index is 1.01. The molecule has 0 aromatic carbocycles. The second-order valence-corrected chi connectivity index (χ2v) is 2.34. The molecule has 0 saturated carbocycles. The van der Waals surface area contributed by atoms with Crippen LogP contribution in [0.3, 0.4) is 0 Å². The van der Waals surface area contributed by atoms with Gasteiger partial charge < -0.3 is 5.32 Å². The molecule has 9 heavy (non-hydrogen) atoms. The Morgan fingerprint density at radius 1 is 1.56 bits per heavy atom. The van der Waals surface area contributed by atoms with Gasteiger partial charge in [-0.25, -0.2) is 0 Å². The molecule has 1 aromatic rings. The topological polar surface area (TPSA) is 42.0 Å². The van der Waals surface area contributed by atoms with Crippen LogP contribution in [-0.2, 0) is 13.0 Å². The van der Waals surface area contributed by atoms with Gasteiger partial charge >= 0.3 is 0 Å². The highest BCUT2D eigenvalue weighted by Gasteiger charge is 2.11. The first-order valence-electron chi connectivity index (χ1n) is 3.24. The van der Waals surface area contributed by atoms with Gasteiger partial charge in [0.2, 0.25) is 0 Å². The average molecular weight is 124 g/mol. The summed E-state index contributed by atoms with van der Waals surface area (Å²) in [5.74, 6) is 0. The summed E-state index contributed by atoms with van der Waals surface area (Å²) >= 11 is 0. The lowest BCUT2D eigenvalue weighted by Gasteiger charge is -2.07. The summed E-state index contributed by atoms with van der Waals surface area (Å²) < 4.78 is 0. The van der Waals surface area contributed by atoms with Crippen LogP contribution in [0.1, 0.15) is 11.3 Å². The molecule has 0 unspecified atom stereocenters. The maximum absolute atomic E-state index is 3.29. The van der Waals surface area contributed by atoms with Crippen LogP contribution in [0.2, 0.25) is 0 Å². The molecule has 0 atom stereocenters. The monoisotopic (exact) mass is 124 g/mol. The van der Waals surface area contributed by atoms with E-state index in [0.29, 0.717) is 0 Å². The summed E-state index contributed by atoms with van der Waals surface area (Å²) in [7, 11) is 0. The molecule has 1 aromatic heterocycles. The lowest BCUT2D eigenvalue weighted by Crippen LogP contribution is -2.22. The van der Waals surface area contributed by atoms with E-state index in [4.69, 9.17) is 0 Å². The third-order valence-corrected chi connectivity index (χ3v) is 1.72. The van der Waals surface area contributed by atoms with Crippen LogP contribution < -0.4 is 10.4 Å². The third kappa shape index (κ3) is 0.733. The van der Waals surface area contributed by atoms with E-state index in [-0.39, 0.29) is 0 Å². The number of hydrogen-bond acceptors (Lipinski definition) is 1. The van der Waals surface area contributed by atoms with Gasteiger partial charge in [0.25, 0.3) is 0 Å². The first-order valence-corrected chi connectivity index (χ1v) is 3.24. The zero-order chi connectivity index (χ0) is 6.10. The van der Waals surface area contributed by atoms with Gasteiger partial charge in [-0.05, 0) is 0 Å². The van der Waals surface area contributed by atoms with Crippen molar-refractivity contribution in [1.82, 2.24) is 10.4 Å². The lowest BCUT2D eigenvalue weighted by atomic mass is 10.1. The Morgan fingerprint density at radius 3 is 3.44 bits per heavy atom. The highest BCUT2D eigenvalue weighted by molar-refractivity contribution is 5.15. The van der Waals surface area contributed by atoms with E-state index in [1.807, 2.05) is 6.20 Å². The minimum Gasteiger partial charge on any atom is -0.312 e. The van der Waals surface area contributed by atoms with Crippen molar-refractivity contribution in [3.8, 4) is 0 Å². The molecule has 2 rings (SSSR count). The van der Waals surface area contributed by atoms with E-state index in [9.17, 15) is 0 Å². The van der Waals surface area contributed by atoms with Crippen molar-refractivity contribution in [1.29, 1.82) is 0 Å². The zero-order valence-electron chi connectivity index (χ0n) is 5.20. The molecule has 0 fully saturated rings. The minimum atomic E-state index is 1.01. The Labute approximate surface area is 53.5 Å². The fraction of sp³-hybridized carbons (Fsp3) is 0.500. The van der Waals surface area contributed by atoms with Crippen LogP contribution in [0.15, 0.2) is 6.20 Å². The van der Waals surface area contributed by atoms with Crippen molar-refractivity contribution in [2.24, 2.45) is 0 Å². The van der Waals surface area contributed by atoms with Gasteiger partial charge in [0.05, 0.1) is 11.3 Å². The van der Waals surface area contributed by atoms with Crippen LogP contribution in [0.25, 0.3) is 0 Å².